The molecule has 51 heteroatoms. The standard InChI is InChI=1S/C62H102N4O47/c1-13(74)63-25-35(84)45(21(9-71)98-54(25)96)106-56-27(65-15(3)76)36(85)46(22(10-72)103-56)108-61-44(93)50(33(82)24(105-61)12-97-58-40(89)37(86)30(79)18(6-68)101-58)111-62-52(42(91)47(23(11-73)104-62)107-55-26(64-14(2)75)34(83)29(78)17(5-67)99-55)113-57-28(66-16(4)77)48(31(80)19(7-69)100-57)109-60-43(92)49(32(81)20(8-70)102-60)110-59-41(90)38(87)39(88)51(112-59)53(94)95/h17-52,54-62,67-73,78-93,96H,5-12H2,1-4H3,(H,63,74)(H,64,75)(H,65,76)(H,66,77)(H,94,95)/t17-,18-,19-,20-,21-,22-,23-,24-,25-,26-,27-,28-,29-,30-,31-,32+,33-,34-,35-,36-,37+,38+,39+,40+,41-,42+,43-,44+,45-,46-,47-,48-,49+,50+,51+,52+,54-,55+,56+,57+,58+,59-,60+,61+,62-/m1/s1. The lowest BCUT2D eigenvalue weighted by molar-refractivity contribution is -0.405. The summed E-state index contributed by atoms with van der Waals surface area (Å²) in [5, 5.41) is 287. The number of aliphatic carboxylic acids is 1. The van der Waals surface area contributed by atoms with Gasteiger partial charge in [-0.2, -0.15) is 0 Å². The third-order valence-electron chi connectivity index (χ3n) is 20.3. The van der Waals surface area contributed by atoms with E-state index in [4.69, 9.17) is 80.5 Å². The predicted octanol–water partition coefficient (Wildman–Crippen LogP) is -20.0. The first-order chi connectivity index (χ1) is 53.4. The van der Waals surface area contributed by atoms with Crippen molar-refractivity contribution in [1.82, 2.24) is 21.3 Å². The minimum absolute atomic E-state index is 0.791. The fourth-order valence-corrected chi connectivity index (χ4v) is 14.4. The van der Waals surface area contributed by atoms with Crippen molar-refractivity contribution in [2.45, 2.75) is 304 Å². The number of carbonyl (C=O) groups is 5. The summed E-state index contributed by atoms with van der Waals surface area (Å²) in [6, 6.07) is -7.58. The number of rotatable bonds is 29. The molecule has 0 bridgehead atoms. The van der Waals surface area contributed by atoms with Gasteiger partial charge in [0.2, 0.25) is 23.6 Å². The van der Waals surface area contributed by atoms with E-state index in [9.17, 15) is 152 Å². The minimum atomic E-state index is -2.62. The van der Waals surface area contributed by atoms with Crippen LogP contribution < -0.4 is 21.3 Å². The van der Waals surface area contributed by atoms with Gasteiger partial charge in [-0.3, -0.25) is 19.2 Å². The summed E-state index contributed by atoms with van der Waals surface area (Å²) in [6.45, 7) is -5.40. The highest BCUT2D eigenvalue weighted by molar-refractivity contribution is 5.75. The maximum atomic E-state index is 13.5. The van der Waals surface area contributed by atoms with E-state index in [1.165, 1.54) is 0 Å². The van der Waals surface area contributed by atoms with E-state index in [2.05, 4.69) is 21.3 Å². The van der Waals surface area contributed by atoms with Gasteiger partial charge >= 0.3 is 5.97 Å². The molecule has 652 valence electrons. The lowest BCUT2D eigenvalue weighted by atomic mass is 9.93. The Hall–Kier alpha value is -4.29. The molecule has 9 saturated heterocycles. The van der Waals surface area contributed by atoms with Gasteiger partial charge in [-0.25, -0.2) is 4.79 Å². The SMILES string of the molecule is CC(=O)N[C@@H]1[C@@H](O)[C@H](O[C@@H]2O[C@H](CO)[C@@H](O[C@@H]3O[C@H](CO[C@H]4O[C@H](CO)[C@@H](O)[C@H](O)[C@@H]4O)[C@@H](O)[C@H](O[C@H]4O[C@H](CO)[C@@H](O[C@@H]5O[C@H](CO)[C@@H](O)[C@H](O)[C@H]5NC(C)=O)[C@H](O)[C@@H]4O[C@@H]4O[C@H](CO)[C@@H](O)[C@H](O[C@@H]5O[C@H](CO)[C@H](O)[C@H](O[C@@H]6O[C@H](C(=O)O)[C@@H](O)[C@H](O)[C@H]6O)[C@H]5O)[C@H]4NC(C)=O)[C@@H]3O)[C@H](O)[C@H]2NC(C)=O)[C@@H](CO)O[C@H]1O. The van der Waals surface area contributed by atoms with E-state index < -0.39 is 359 Å². The third kappa shape index (κ3) is 20.4. The van der Waals surface area contributed by atoms with Crippen LogP contribution in [0.2, 0.25) is 0 Å². The Morgan fingerprint density at radius 2 is 0.566 bits per heavy atom. The molecule has 45 atom stereocenters. The lowest BCUT2D eigenvalue weighted by Gasteiger charge is -2.52. The van der Waals surface area contributed by atoms with E-state index in [-0.39, 0.29) is 0 Å². The average molecular weight is 1660 g/mol. The van der Waals surface area contributed by atoms with Crippen molar-refractivity contribution in [2.75, 3.05) is 52.9 Å². The number of nitrogens with one attached hydrogen (secondary N) is 4. The van der Waals surface area contributed by atoms with Crippen molar-refractivity contribution >= 4 is 29.6 Å². The normalized spacial score (nSPS) is 48.5. The van der Waals surface area contributed by atoms with Gasteiger partial charge in [-0.1, -0.05) is 0 Å². The highest BCUT2D eigenvalue weighted by Crippen LogP contribution is 2.41. The molecule has 9 rings (SSSR count). The Morgan fingerprint density at radius 1 is 0.257 bits per heavy atom. The molecule has 9 fully saturated rings. The smallest absolute Gasteiger partial charge is 0.335 e. The van der Waals surface area contributed by atoms with Gasteiger partial charge in [0.1, 0.15) is 213 Å². The highest BCUT2D eigenvalue weighted by atomic mass is 16.8. The van der Waals surface area contributed by atoms with Crippen LogP contribution in [0.5, 0.6) is 0 Å². The number of amides is 4. The quantitative estimate of drug-likeness (QED) is 0.0331. The van der Waals surface area contributed by atoms with Gasteiger partial charge in [0, 0.05) is 27.7 Å². The maximum absolute atomic E-state index is 13.5. The fraction of sp³-hybridized carbons (Fsp3) is 0.919. The van der Waals surface area contributed by atoms with Crippen LogP contribution in [0.1, 0.15) is 27.7 Å². The summed E-state index contributed by atoms with van der Waals surface area (Å²) < 4.78 is 100. The first-order valence-corrected chi connectivity index (χ1v) is 35.6. The lowest BCUT2D eigenvalue weighted by Crippen LogP contribution is -2.71. The van der Waals surface area contributed by atoms with Crippen LogP contribution in [0.3, 0.4) is 0 Å². The van der Waals surface area contributed by atoms with E-state index in [0.29, 0.717) is 0 Å². The van der Waals surface area contributed by atoms with Crippen molar-refractivity contribution in [2.24, 2.45) is 0 Å². The summed E-state index contributed by atoms with van der Waals surface area (Å²) in [4.78, 5) is 63.2. The van der Waals surface area contributed by atoms with E-state index in [1.54, 1.807) is 0 Å². The topological polar surface area (TPSA) is 796 Å². The number of carboxylic acids is 1. The highest BCUT2D eigenvalue weighted by Gasteiger charge is 2.62. The molecule has 0 aliphatic carbocycles. The molecule has 113 heavy (non-hydrogen) atoms. The van der Waals surface area contributed by atoms with Crippen LogP contribution in [0.15, 0.2) is 0 Å². The largest absolute Gasteiger partial charge is 0.479 e. The average Bonchev–Trinajstić information content (AvgIpc) is 0.760. The number of hydrogen-bond donors (Lipinski definition) is 29. The minimum Gasteiger partial charge on any atom is -0.479 e. The summed E-state index contributed by atoms with van der Waals surface area (Å²) in [5.41, 5.74) is 0. The van der Waals surface area contributed by atoms with Gasteiger partial charge < -0.3 is 229 Å². The molecule has 0 unspecified atom stereocenters. The van der Waals surface area contributed by atoms with Crippen LogP contribution in [0, 0.1) is 0 Å². The Morgan fingerprint density at radius 3 is 1.06 bits per heavy atom. The molecule has 51 nitrogen and oxygen atoms in total. The van der Waals surface area contributed by atoms with E-state index in [0.717, 1.165) is 27.7 Å². The summed E-state index contributed by atoms with van der Waals surface area (Å²) in [7, 11) is 0. The molecule has 29 N–H and O–H groups in total. The summed E-state index contributed by atoms with van der Waals surface area (Å²) in [5.74, 6) is -5.62. The Labute approximate surface area is 638 Å². The Balaban J connectivity index is 1.10. The maximum Gasteiger partial charge on any atom is 0.335 e. The molecule has 0 aromatic heterocycles. The molecule has 9 aliphatic heterocycles. The fourth-order valence-electron chi connectivity index (χ4n) is 14.4. The van der Waals surface area contributed by atoms with Gasteiger partial charge in [-0.05, 0) is 0 Å². The zero-order chi connectivity index (χ0) is 83.4. The second kappa shape index (κ2) is 40.2. The van der Waals surface area contributed by atoms with Crippen LogP contribution in [0.25, 0.3) is 0 Å². The molecule has 9 heterocycles. The van der Waals surface area contributed by atoms with Gasteiger partial charge in [0.15, 0.2) is 62.7 Å². The number of carbonyl (C=O) groups excluding carboxylic acids is 4. The van der Waals surface area contributed by atoms with Gasteiger partial charge in [0.25, 0.3) is 0 Å². The number of aliphatic hydroxyl groups excluding tert-OH is 24. The van der Waals surface area contributed by atoms with Crippen LogP contribution in [-0.2, 0) is 104 Å². The van der Waals surface area contributed by atoms with Crippen LogP contribution >= 0.6 is 0 Å². The van der Waals surface area contributed by atoms with Crippen LogP contribution in [-0.4, -0.2) is 486 Å². The number of carboxylic acid groups (broad SMARTS) is 1. The Bertz CT molecular complexity index is 3060. The molecule has 4 amide bonds. The van der Waals surface area contributed by atoms with Crippen molar-refractivity contribution in [3.05, 3.63) is 0 Å². The summed E-state index contributed by atoms with van der Waals surface area (Å²) in [6.07, 6.45) is -89.5. The molecular formula is C62H102N4O47. The molecule has 0 aromatic rings. The van der Waals surface area contributed by atoms with Crippen molar-refractivity contribution in [3.63, 3.8) is 0 Å². The molecular weight excluding hydrogens is 1550 g/mol. The van der Waals surface area contributed by atoms with Gasteiger partial charge in [-0.15, -0.1) is 0 Å². The number of aliphatic hydroxyl groups is 24. The number of hydrogen-bond acceptors (Lipinski definition) is 46. The molecule has 0 saturated carbocycles. The summed E-state index contributed by atoms with van der Waals surface area (Å²) >= 11 is 0. The third-order valence-corrected chi connectivity index (χ3v) is 20.3. The second-order valence-corrected chi connectivity index (χ2v) is 28.2. The van der Waals surface area contributed by atoms with Gasteiger partial charge in [0.05, 0.1) is 52.9 Å². The molecule has 0 radical (unpaired) electrons. The van der Waals surface area contributed by atoms with Crippen molar-refractivity contribution in [1.29, 1.82) is 0 Å². The first-order valence-electron chi connectivity index (χ1n) is 35.6. The molecule has 0 aromatic carbocycles. The second-order valence-electron chi connectivity index (χ2n) is 28.2. The zero-order valence-corrected chi connectivity index (χ0v) is 60.3. The molecule has 9 aliphatic rings. The van der Waals surface area contributed by atoms with E-state index in [1.807, 2.05) is 0 Å². The Kier molecular flexibility index (Phi) is 32.9. The monoisotopic (exact) mass is 1650 g/mol. The zero-order valence-electron chi connectivity index (χ0n) is 60.3. The van der Waals surface area contributed by atoms with Crippen molar-refractivity contribution in [3.8, 4) is 0 Å². The van der Waals surface area contributed by atoms with E-state index >= 15 is 0 Å². The molecule has 0 spiro atoms. The van der Waals surface area contributed by atoms with Crippen LogP contribution in [0.4, 0.5) is 0 Å². The number of ether oxygens (including phenoxy) is 17. The first kappa shape index (κ1) is 92.6. The predicted molar refractivity (Wildman–Crippen MR) is 344 cm³/mol. The van der Waals surface area contributed by atoms with Crippen molar-refractivity contribution < 1.29 is 232 Å².